The topological polar surface area (TPSA) is 89.3 Å². The third kappa shape index (κ3) is 4.35. The number of carbonyl (C=O) groups excluding carboxylic acids is 1. The van der Waals surface area contributed by atoms with Crippen molar-refractivity contribution in [3.8, 4) is 5.75 Å². The third-order valence-electron chi connectivity index (χ3n) is 3.32. The average molecular weight is 338 g/mol. The summed E-state index contributed by atoms with van der Waals surface area (Å²) in [5, 5.41) is 9.56. The van der Waals surface area contributed by atoms with E-state index in [0.717, 1.165) is 17.1 Å². The van der Waals surface area contributed by atoms with Gasteiger partial charge in [0.25, 0.3) is 5.91 Å². The molecule has 7 heteroatoms. The molecule has 1 amide bonds. The van der Waals surface area contributed by atoms with Crippen molar-refractivity contribution < 1.29 is 14.1 Å². The minimum atomic E-state index is -0.346. The summed E-state index contributed by atoms with van der Waals surface area (Å²) >= 11 is 0. The Hall–Kier alpha value is -3.35. The standard InChI is InChI=1S/C18H18N4O3/c1-3-24-15-7-4-13(5-8-15)20-14-6-9-16(19-11-14)18(23)21-17-10-12(2)25-22-17/h4-11,20H,3H2,1-2H3,(H,21,22,23). The van der Waals surface area contributed by atoms with Crippen molar-refractivity contribution >= 4 is 23.1 Å². The number of amides is 1. The maximum absolute atomic E-state index is 12.1. The number of hydrogen-bond donors (Lipinski definition) is 2. The van der Waals surface area contributed by atoms with Crippen LogP contribution < -0.4 is 15.4 Å². The molecule has 2 N–H and O–H groups in total. The number of hydrogen-bond acceptors (Lipinski definition) is 6. The molecule has 0 fully saturated rings. The van der Waals surface area contributed by atoms with Crippen molar-refractivity contribution in [2.24, 2.45) is 0 Å². The molecule has 0 bridgehead atoms. The molecule has 3 aromatic rings. The van der Waals surface area contributed by atoms with Gasteiger partial charge in [-0.15, -0.1) is 0 Å². The molecule has 128 valence electrons. The van der Waals surface area contributed by atoms with Gasteiger partial charge in [-0.25, -0.2) is 4.98 Å². The van der Waals surface area contributed by atoms with Crippen LogP contribution in [0.4, 0.5) is 17.2 Å². The number of nitrogens with zero attached hydrogens (tertiary/aromatic N) is 2. The van der Waals surface area contributed by atoms with Gasteiger partial charge in [0.05, 0.1) is 18.5 Å². The number of benzene rings is 1. The highest BCUT2D eigenvalue weighted by molar-refractivity contribution is 6.02. The predicted molar refractivity (Wildman–Crippen MR) is 94.3 cm³/mol. The van der Waals surface area contributed by atoms with Crippen LogP contribution in [-0.4, -0.2) is 22.7 Å². The molecule has 0 saturated heterocycles. The fourth-order valence-electron chi connectivity index (χ4n) is 2.18. The normalized spacial score (nSPS) is 10.3. The lowest BCUT2D eigenvalue weighted by molar-refractivity contribution is 0.102. The van der Waals surface area contributed by atoms with Gasteiger partial charge in [-0.05, 0) is 50.2 Å². The lowest BCUT2D eigenvalue weighted by Crippen LogP contribution is -2.13. The van der Waals surface area contributed by atoms with E-state index in [4.69, 9.17) is 9.26 Å². The number of pyridine rings is 1. The molecule has 0 spiro atoms. The molecule has 0 aliphatic rings. The summed E-state index contributed by atoms with van der Waals surface area (Å²) in [4.78, 5) is 16.3. The Morgan fingerprint density at radius 1 is 1.16 bits per heavy atom. The van der Waals surface area contributed by atoms with Gasteiger partial charge in [-0.2, -0.15) is 0 Å². The Bertz CT molecular complexity index is 842. The number of anilines is 3. The van der Waals surface area contributed by atoms with Gasteiger partial charge in [0, 0.05) is 11.8 Å². The maximum atomic E-state index is 12.1. The average Bonchev–Trinajstić information content (AvgIpc) is 3.02. The Morgan fingerprint density at radius 2 is 1.92 bits per heavy atom. The number of nitrogens with one attached hydrogen (secondary N) is 2. The van der Waals surface area contributed by atoms with Crippen molar-refractivity contribution in [1.82, 2.24) is 10.1 Å². The van der Waals surface area contributed by atoms with E-state index in [-0.39, 0.29) is 11.6 Å². The highest BCUT2D eigenvalue weighted by Gasteiger charge is 2.10. The van der Waals surface area contributed by atoms with Crippen LogP contribution >= 0.6 is 0 Å². The third-order valence-corrected chi connectivity index (χ3v) is 3.32. The zero-order valence-corrected chi connectivity index (χ0v) is 13.9. The summed E-state index contributed by atoms with van der Waals surface area (Å²) in [7, 11) is 0. The van der Waals surface area contributed by atoms with Crippen LogP contribution in [0, 0.1) is 6.92 Å². The molecule has 3 rings (SSSR count). The summed E-state index contributed by atoms with van der Waals surface area (Å²) in [5.41, 5.74) is 1.97. The fourth-order valence-corrected chi connectivity index (χ4v) is 2.18. The number of aromatic nitrogens is 2. The Morgan fingerprint density at radius 3 is 2.52 bits per heavy atom. The summed E-state index contributed by atoms with van der Waals surface area (Å²) in [6, 6.07) is 12.7. The lowest BCUT2D eigenvalue weighted by atomic mass is 10.2. The van der Waals surface area contributed by atoms with Gasteiger partial charge in [-0.3, -0.25) is 4.79 Å². The van der Waals surface area contributed by atoms with Crippen LogP contribution in [0.25, 0.3) is 0 Å². The van der Waals surface area contributed by atoms with E-state index >= 15 is 0 Å². The van der Waals surface area contributed by atoms with Crippen molar-refractivity contribution in [3.05, 3.63) is 60.1 Å². The first-order chi connectivity index (χ1) is 12.1. The van der Waals surface area contributed by atoms with E-state index in [9.17, 15) is 4.79 Å². The van der Waals surface area contributed by atoms with Gasteiger partial charge in [0.15, 0.2) is 5.82 Å². The number of ether oxygens (including phenoxy) is 1. The van der Waals surface area contributed by atoms with Crippen LogP contribution in [0.1, 0.15) is 23.2 Å². The number of aryl methyl sites for hydroxylation is 1. The summed E-state index contributed by atoms with van der Waals surface area (Å²) in [6.45, 7) is 4.33. The Labute approximate surface area is 145 Å². The van der Waals surface area contributed by atoms with Crippen LogP contribution in [0.15, 0.2) is 53.2 Å². The van der Waals surface area contributed by atoms with Crippen molar-refractivity contribution in [2.75, 3.05) is 17.2 Å². The van der Waals surface area contributed by atoms with E-state index < -0.39 is 0 Å². The molecule has 0 saturated carbocycles. The predicted octanol–water partition coefficient (Wildman–Crippen LogP) is 3.77. The van der Waals surface area contributed by atoms with Gasteiger partial charge >= 0.3 is 0 Å². The molecule has 25 heavy (non-hydrogen) atoms. The molecule has 2 aromatic heterocycles. The minimum Gasteiger partial charge on any atom is -0.494 e. The molecular formula is C18H18N4O3. The van der Waals surface area contributed by atoms with E-state index in [1.165, 1.54) is 0 Å². The van der Waals surface area contributed by atoms with Gasteiger partial charge in [-0.1, -0.05) is 5.16 Å². The van der Waals surface area contributed by atoms with E-state index in [1.54, 1.807) is 31.3 Å². The van der Waals surface area contributed by atoms with Crippen LogP contribution in [0.3, 0.4) is 0 Å². The number of carbonyl (C=O) groups is 1. The highest BCUT2D eigenvalue weighted by atomic mass is 16.5. The quantitative estimate of drug-likeness (QED) is 0.711. The summed E-state index contributed by atoms with van der Waals surface area (Å²) in [6.07, 6.45) is 1.60. The Balaban J connectivity index is 1.62. The van der Waals surface area contributed by atoms with E-state index in [1.807, 2.05) is 31.2 Å². The molecule has 0 aliphatic heterocycles. The zero-order valence-electron chi connectivity index (χ0n) is 13.9. The first-order valence-electron chi connectivity index (χ1n) is 7.84. The van der Waals surface area contributed by atoms with Crippen LogP contribution in [-0.2, 0) is 0 Å². The monoisotopic (exact) mass is 338 g/mol. The lowest BCUT2D eigenvalue weighted by Gasteiger charge is -2.08. The van der Waals surface area contributed by atoms with E-state index in [2.05, 4.69) is 20.8 Å². The second-order valence-corrected chi connectivity index (χ2v) is 5.29. The molecule has 0 atom stereocenters. The summed E-state index contributed by atoms with van der Waals surface area (Å²) in [5.74, 6) is 1.46. The van der Waals surface area contributed by atoms with Gasteiger partial charge in [0.2, 0.25) is 0 Å². The largest absolute Gasteiger partial charge is 0.494 e. The van der Waals surface area contributed by atoms with E-state index in [0.29, 0.717) is 18.2 Å². The van der Waals surface area contributed by atoms with Crippen molar-refractivity contribution in [3.63, 3.8) is 0 Å². The zero-order chi connectivity index (χ0) is 17.6. The SMILES string of the molecule is CCOc1ccc(Nc2ccc(C(=O)Nc3cc(C)on3)nc2)cc1. The molecule has 2 heterocycles. The molecule has 1 aromatic carbocycles. The second-order valence-electron chi connectivity index (χ2n) is 5.29. The van der Waals surface area contributed by atoms with Crippen molar-refractivity contribution in [2.45, 2.75) is 13.8 Å². The van der Waals surface area contributed by atoms with Gasteiger partial charge < -0.3 is 19.9 Å². The highest BCUT2D eigenvalue weighted by Crippen LogP contribution is 2.20. The maximum Gasteiger partial charge on any atom is 0.275 e. The Kier molecular flexibility index (Phi) is 4.94. The molecule has 0 unspecified atom stereocenters. The van der Waals surface area contributed by atoms with Crippen LogP contribution in [0.5, 0.6) is 5.75 Å². The summed E-state index contributed by atoms with van der Waals surface area (Å²) < 4.78 is 10.3. The number of rotatable bonds is 6. The molecule has 0 radical (unpaired) electrons. The fraction of sp³-hybridized carbons (Fsp3) is 0.167. The van der Waals surface area contributed by atoms with Crippen LogP contribution in [0.2, 0.25) is 0 Å². The minimum absolute atomic E-state index is 0.290. The van der Waals surface area contributed by atoms with Gasteiger partial charge in [0.1, 0.15) is 17.2 Å². The first kappa shape index (κ1) is 16.5. The smallest absolute Gasteiger partial charge is 0.275 e. The van der Waals surface area contributed by atoms with Crippen molar-refractivity contribution in [1.29, 1.82) is 0 Å². The molecular weight excluding hydrogens is 320 g/mol. The first-order valence-corrected chi connectivity index (χ1v) is 7.84. The molecule has 0 aliphatic carbocycles. The second kappa shape index (κ2) is 7.48. The molecule has 7 nitrogen and oxygen atoms in total.